The molecule has 0 aliphatic heterocycles. The van der Waals surface area contributed by atoms with Gasteiger partial charge in [-0.15, -0.1) is 0 Å². The summed E-state index contributed by atoms with van der Waals surface area (Å²) >= 11 is 3.20. The maximum atomic E-state index is 12.6. The molecule has 0 saturated carbocycles. The van der Waals surface area contributed by atoms with Gasteiger partial charge in [-0.1, -0.05) is 21.1 Å². The van der Waals surface area contributed by atoms with E-state index in [4.69, 9.17) is 4.52 Å². The van der Waals surface area contributed by atoms with Crippen LogP contribution in [0.1, 0.15) is 5.89 Å². The first-order chi connectivity index (χ1) is 6.79. The third kappa shape index (κ3) is 1.82. The third-order valence-electron chi connectivity index (χ3n) is 1.68. The van der Waals surface area contributed by atoms with Crippen LogP contribution in [-0.2, 0) is 5.33 Å². The van der Waals surface area contributed by atoms with Crippen LogP contribution in [0.2, 0.25) is 0 Å². The Balaban J connectivity index is 2.34. The first-order valence-corrected chi connectivity index (χ1v) is 5.06. The standard InChI is InChI=1S/C9H6BrFN2O/c10-5-8-12-9(13-14-8)6-1-3-7(11)4-2-6/h1-4H,5H2. The zero-order valence-corrected chi connectivity index (χ0v) is 8.66. The topological polar surface area (TPSA) is 38.9 Å². The second-order valence-electron chi connectivity index (χ2n) is 2.65. The van der Waals surface area contributed by atoms with Gasteiger partial charge in [0.1, 0.15) is 5.82 Å². The second kappa shape index (κ2) is 3.88. The number of aromatic nitrogens is 2. The molecule has 0 spiro atoms. The summed E-state index contributed by atoms with van der Waals surface area (Å²) in [6.45, 7) is 0. The molecule has 0 radical (unpaired) electrons. The quantitative estimate of drug-likeness (QED) is 0.776. The Morgan fingerprint density at radius 3 is 2.57 bits per heavy atom. The van der Waals surface area contributed by atoms with Crippen molar-refractivity contribution in [2.75, 3.05) is 0 Å². The smallest absolute Gasteiger partial charge is 0.237 e. The van der Waals surface area contributed by atoms with Crippen molar-refractivity contribution >= 4 is 15.9 Å². The molecule has 0 aliphatic carbocycles. The fourth-order valence-electron chi connectivity index (χ4n) is 1.03. The van der Waals surface area contributed by atoms with E-state index < -0.39 is 0 Å². The Morgan fingerprint density at radius 1 is 1.29 bits per heavy atom. The number of benzene rings is 1. The highest BCUT2D eigenvalue weighted by atomic mass is 79.9. The van der Waals surface area contributed by atoms with Crippen LogP contribution in [0.4, 0.5) is 4.39 Å². The Kier molecular flexibility index (Phi) is 2.58. The number of hydrogen-bond acceptors (Lipinski definition) is 3. The molecule has 72 valence electrons. The van der Waals surface area contributed by atoms with Gasteiger partial charge in [0.15, 0.2) is 0 Å². The molecule has 0 fully saturated rings. The summed E-state index contributed by atoms with van der Waals surface area (Å²) < 4.78 is 17.5. The predicted octanol–water partition coefficient (Wildman–Crippen LogP) is 2.77. The Bertz CT molecular complexity index is 427. The van der Waals surface area contributed by atoms with Crippen LogP contribution < -0.4 is 0 Å². The fraction of sp³-hybridized carbons (Fsp3) is 0.111. The van der Waals surface area contributed by atoms with E-state index in [1.54, 1.807) is 12.1 Å². The maximum Gasteiger partial charge on any atom is 0.237 e. The van der Waals surface area contributed by atoms with Gasteiger partial charge in [0.25, 0.3) is 0 Å². The van der Waals surface area contributed by atoms with E-state index in [1.165, 1.54) is 12.1 Å². The van der Waals surface area contributed by atoms with Gasteiger partial charge in [-0.05, 0) is 24.3 Å². The Morgan fingerprint density at radius 2 is 2.00 bits per heavy atom. The number of hydrogen-bond donors (Lipinski definition) is 0. The molecule has 0 aliphatic rings. The van der Waals surface area contributed by atoms with Gasteiger partial charge in [0, 0.05) is 5.56 Å². The molecule has 3 nitrogen and oxygen atoms in total. The molecule has 14 heavy (non-hydrogen) atoms. The molecule has 0 bridgehead atoms. The van der Waals surface area contributed by atoms with Crippen molar-refractivity contribution in [2.45, 2.75) is 5.33 Å². The van der Waals surface area contributed by atoms with E-state index in [0.29, 0.717) is 17.0 Å². The lowest BCUT2D eigenvalue weighted by atomic mass is 10.2. The van der Waals surface area contributed by atoms with Crippen molar-refractivity contribution in [3.63, 3.8) is 0 Å². The van der Waals surface area contributed by atoms with Gasteiger partial charge < -0.3 is 4.52 Å². The lowest BCUT2D eigenvalue weighted by molar-refractivity contribution is 0.392. The first-order valence-electron chi connectivity index (χ1n) is 3.94. The zero-order chi connectivity index (χ0) is 9.97. The van der Waals surface area contributed by atoms with Crippen LogP contribution in [-0.4, -0.2) is 10.1 Å². The van der Waals surface area contributed by atoms with Crippen molar-refractivity contribution in [2.24, 2.45) is 0 Å². The minimum Gasteiger partial charge on any atom is -0.338 e. The Hall–Kier alpha value is -1.23. The number of rotatable bonds is 2. The lowest BCUT2D eigenvalue weighted by Gasteiger charge is -1.92. The SMILES string of the molecule is Fc1ccc(-c2noc(CBr)n2)cc1. The van der Waals surface area contributed by atoms with Gasteiger partial charge in [0.05, 0.1) is 5.33 Å². The lowest BCUT2D eigenvalue weighted by Crippen LogP contribution is -1.81. The Labute approximate surface area is 88.1 Å². The summed E-state index contributed by atoms with van der Waals surface area (Å²) in [5.41, 5.74) is 0.738. The van der Waals surface area contributed by atoms with Gasteiger partial charge in [0.2, 0.25) is 11.7 Å². The van der Waals surface area contributed by atoms with E-state index in [1.807, 2.05) is 0 Å². The average Bonchev–Trinajstić information content (AvgIpc) is 2.67. The number of halogens is 2. The van der Waals surface area contributed by atoms with E-state index in [0.717, 1.165) is 5.56 Å². The van der Waals surface area contributed by atoms with Gasteiger partial charge in [-0.25, -0.2) is 4.39 Å². The monoisotopic (exact) mass is 256 g/mol. The molecule has 5 heteroatoms. The number of nitrogens with zero attached hydrogens (tertiary/aromatic N) is 2. The van der Waals surface area contributed by atoms with Crippen molar-refractivity contribution in [1.82, 2.24) is 10.1 Å². The highest BCUT2D eigenvalue weighted by molar-refractivity contribution is 9.08. The molecule has 0 amide bonds. The summed E-state index contributed by atoms with van der Waals surface area (Å²) in [4.78, 5) is 4.08. The van der Waals surface area contributed by atoms with Crippen LogP contribution in [0.3, 0.4) is 0 Å². The number of alkyl halides is 1. The molecular formula is C9H6BrFN2O. The predicted molar refractivity (Wildman–Crippen MR) is 52.3 cm³/mol. The van der Waals surface area contributed by atoms with E-state index >= 15 is 0 Å². The molecule has 2 aromatic rings. The average molecular weight is 257 g/mol. The van der Waals surface area contributed by atoms with E-state index in [-0.39, 0.29) is 5.82 Å². The third-order valence-corrected chi connectivity index (χ3v) is 2.16. The van der Waals surface area contributed by atoms with Crippen molar-refractivity contribution < 1.29 is 8.91 Å². The van der Waals surface area contributed by atoms with Gasteiger partial charge in [-0.3, -0.25) is 0 Å². The van der Waals surface area contributed by atoms with Crippen molar-refractivity contribution in [3.05, 3.63) is 36.0 Å². The van der Waals surface area contributed by atoms with Crippen LogP contribution in [0.5, 0.6) is 0 Å². The van der Waals surface area contributed by atoms with Crippen LogP contribution >= 0.6 is 15.9 Å². The molecule has 0 atom stereocenters. The van der Waals surface area contributed by atoms with Crippen LogP contribution in [0.25, 0.3) is 11.4 Å². The molecule has 0 saturated heterocycles. The summed E-state index contributed by atoms with van der Waals surface area (Å²) in [6.07, 6.45) is 0. The molecule has 1 aromatic heterocycles. The molecule has 0 unspecified atom stereocenters. The second-order valence-corrected chi connectivity index (χ2v) is 3.21. The van der Waals surface area contributed by atoms with E-state index in [2.05, 4.69) is 26.1 Å². The van der Waals surface area contributed by atoms with E-state index in [9.17, 15) is 4.39 Å². The maximum absolute atomic E-state index is 12.6. The highest BCUT2D eigenvalue weighted by Gasteiger charge is 2.06. The normalized spacial score (nSPS) is 10.4. The molecule has 0 N–H and O–H groups in total. The van der Waals surface area contributed by atoms with Crippen LogP contribution in [0.15, 0.2) is 28.8 Å². The summed E-state index contributed by atoms with van der Waals surface area (Å²) in [5.74, 6) is 0.696. The molecule has 1 aromatic carbocycles. The molecular weight excluding hydrogens is 251 g/mol. The minimum atomic E-state index is -0.280. The molecule has 1 heterocycles. The summed E-state index contributed by atoms with van der Waals surface area (Å²) in [6, 6.07) is 5.94. The largest absolute Gasteiger partial charge is 0.338 e. The molecule has 2 rings (SSSR count). The van der Waals surface area contributed by atoms with Crippen LogP contribution in [0, 0.1) is 5.82 Å². The first kappa shape index (κ1) is 9.33. The summed E-state index contributed by atoms with van der Waals surface area (Å²) in [5, 5.41) is 4.26. The van der Waals surface area contributed by atoms with Crippen molar-refractivity contribution in [3.8, 4) is 11.4 Å². The summed E-state index contributed by atoms with van der Waals surface area (Å²) in [7, 11) is 0. The van der Waals surface area contributed by atoms with Gasteiger partial charge in [-0.2, -0.15) is 4.98 Å². The fourth-order valence-corrected chi connectivity index (χ4v) is 1.25. The highest BCUT2D eigenvalue weighted by Crippen LogP contribution is 2.16. The zero-order valence-electron chi connectivity index (χ0n) is 7.08. The van der Waals surface area contributed by atoms with Gasteiger partial charge >= 0.3 is 0 Å². The van der Waals surface area contributed by atoms with Crippen molar-refractivity contribution in [1.29, 1.82) is 0 Å². The minimum absolute atomic E-state index is 0.280.